The molecule has 0 fully saturated rings. The number of aryl methyl sites for hydroxylation is 2. The molecule has 0 radical (unpaired) electrons. The number of hydrogen-bond donors (Lipinski definition) is 1. The summed E-state index contributed by atoms with van der Waals surface area (Å²) < 4.78 is 0. The maximum Gasteiger partial charge on any atom is 0.0343 e. The van der Waals surface area contributed by atoms with Gasteiger partial charge in [-0.05, 0) is 31.0 Å². The fraction of sp³-hybridized carbons (Fsp3) is 0.333. The highest BCUT2D eigenvalue weighted by atomic mass is 32.1. The van der Waals surface area contributed by atoms with Crippen LogP contribution in [0.5, 0.6) is 0 Å². The number of benzene rings is 1. The first-order valence-electron chi connectivity index (χ1n) is 6.08. The summed E-state index contributed by atoms with van der Waals surface area (Å²) in [4.78, 5) is 2.83. The van der Waals surface area contributed by atoms with E-state index in [0.29, 0.717) is 0 Å². The van der Waals surface area contributed by atoms with Gasteiger partial charge in [-0.15, -0.1) is 11.3 Å². The molecule has 1 aromatic carbocycles. The highest BCUT2D eigenvalue weighted by molar-refractivity contribution is 7.11. The smallest absolute Gasteiger partial charge is 0.0343 e. The van der Waals surface area contributed by atoms with Gasteiger partial charge in [-0.3, -0.25) is 0 Å². The minimum Gasteiger partial charge on any atom is -0.324 e. The Morgan fingerprint density at radius 1 is 1.18 bits per heavy atom. The van der Waals surface area contributed by atoms with E-state index in [1.807, 2.05) is 11.3 Å². The lowest BCUT2D eigenvalue weighted by molar-refractivity contribution is 0.729. The Morgan fingerprint density at radius 2 is 1.94 bits per heavy atom. The van der Waals surface area contributed by atoms with E-state index in [0.717, 1.165) is 12.8 Å². The zero-order chi connectivity index (χ0) is 12.3. The molecule has 90 valence electrons. The van der Waals surface area contributed by atoms with Crippen LogP contribution in [0.3, 0.4) is 0 Å². The molecule has 0 spiro atoms. The van der Waals surface area contributed by atoms with Crippen LogP contribution >= 0.6 is 11.3 Å². The Bertz CT molecular complexity index is 487. The molecule has 2 rings (SSSR count). The van der Waals surface area contributed by atoms with Crippen molar-refractivity contribution in [1.82, 2.24) is 0 Å². The first kappa shape index (κ1) is 12.3. The topological polar surface area (TPSA) is 26.0 Å². The second-order valence-corrected chi connectivity index (χ2v) is 5.70. The van der Waals surface area contributed by atoms with Gasteiger partial charge in [0, 0.05) is 22.2 Å². The van der Waals surface area contributed by atoms with Gasteiger partial charge in [-0.25, -0.2) is 0 Å². The maximum atomic E-state index is 6.25. The van der Waals surface area contributed by atoms with Gasteiger partial charge in [-0.2, -0.15) is 0 Å². The number of nitrogens with two attached hydrogens (primary N) is 1. The van der Waals surface area contributed by atoms with Gasteiger partial charge in [0.2, 0.25) is 0 Å². The van der Waals surface area contributed by atoms with Crippen molar-refractivity contribution < 1.29 is 0 Å². The van der Waals surface area contributed by atoms with Crippen molar-refractivity contribution in [3.63, 3.8) is 0 Å². The molecule has 1 aromatic heterocycles. The van der Waals surface area contributed by atoms with Crippen LogP contribution in [0.25, 0.3) is 0 Å². The molecule has 1 atom stereocenters. The van der Waals surface area contributed by atoms with Crippen LogP contribution in [0.4, 0.5) is 0 Å². The lowest BCUT2D eigenvalue weighted by Crippen LogP contribution is -2.12. The zero-order valence-electron chi connectivity index (χ0n) is 10.4. The molecule has 0 aliphatic heterocycles. The molecule has 0 saturated heterocycles. The predicted octanol–water partition coefficient (Wildman–Crippen LogP) is 3.86. The Labute approximate surface area is 107 Å². The third-order valence-electron chi connectivity index (χ3n) is 2.96. The largest absolute Gasteiger partial charge is 0.324 e. The molecule has 2 aromatic rings. The van der Waals surface area contributed by atoms with Crippen molar-refractivity contribution in [2.75, 3.05) is 0 Å². The standard InChI is InChI=1S/C15H19NS/c1-3-13-7-8-14(17-13)10-15(16)12-6-4-5-11(2)9-12/h4-9,15H,3,10,16H2,1-2H3. The van der Waals surface area contributed by atoms with Crippen LogP contribution in [0.2, 0.25) is 0 Å². The summed E-state index contributed by atoms with van der Waals surface area (Å²) in [6.07, 6.45) is 2.05. The van der Waals surface area contributed by atoms with E-state index in [-0.39, 0.29) is 6.04 Å². The molecule has 0 aliphatic carbocycles. The van der Waals surface area contributed by atoms with Gasteiger partial charge < -0.3 is 5.73 Å². The normalized spacial score (nSPS) is 12.6. The fourth-order valence-corrected chi connectivity index (χ4v) is 2.97. The molecule has 1 nitrogen and oxygen atoms in total. The Morgan fingerprint density at radius 3 is 2.59 bits per heavy atom. The number of rotatable bonds is 4. The Balaban J connectivity index is 2.08. The minimum atomic E-state index is 0.109. The lowest BCUT2D eigenvalue weighted by atomic mass is 10.0. The highest BCUT2D eigenvalue weighted by Gasteiger charge is 2.08. The first-order chi connectivity index (χ1) is 8.19. The van der Waals surface area contributed by atoms with E-state index in [1.165, 1.54) is 20.9 Å². The van der Waals surface area contributed by atoms with E-state index >= 15 is 0 Å². The zero-order valence-corrected chi connectivity index (χ0v) is 11.3. The number of thiophene rings is 1. The molecule has 2 heteroatoms. The van der Waals surface area contributed by atoms with Crippen LogP contribution in [0.1, 0.15) is 33.8 Å². The molecular weight excluding hydrogens is 226 g/mol. The van der Waals surface area contributed by atoms with Gasteiger partial charge in [0.05, 0.1) is 0 Å². The molecule has 1 heterocycles. The van der Waals surface area contributed by atoms with Crippen LogP contribution in [-0.4, -0.2) is 0 Å². The first-order valence-corrected chi connectivity index (χ1v) is 6.90. The summed E-state index contributed by atoms with van der Waals surface area (Å²) in [6.45, 7) is 4.30. The van der Waals surface area contributed by atoms with Crippen LogP contribution in [0, 0.1) is 6.92 Å². The maximum absolute atomic E-state index is 6.25. The highest BCUT2D eigenvalue weighted by Crippen LogP contribution is 2.23. The molecule has 0 aliphatic rings. The quantitative estimate of drug-likeness (QED) is 0.869. The predicted molar refractivity (Wildman–Crippen MR) is 75.5 cm³/mol. The molecule has 1 unspecified atom stereocenters. The molecule has 0 bridgehead atoms. The van der Waals surface area contributed by atoms with Gasteiger partial charge in [0.1, 0.15) is 0 Å². The van der Waals surface area contributed by atoms with Crippen molar-refractivity contribution in [1.29, 1.82) is 0 Å². The van der Waals surface area contributed by atoms with Gasteiger partial charge in [0.15, 0.2) is 0 Å². The van der Waals surface area contributed by atoms with E-state index in [9.17, 15) is 0 Å². The van der Waals surface area contributed by atoms with E-state index in [4.69, 9.17) is 5.73 Å². The van der Waals surface area contributed by atoms with Crippen LogP contribution < -0.4 is 5.73 Å². The van der Waals surface area contributed by atoms with Crippen molar-refractivity contribution in [2.45, 2.75) is 32.7 Å². The summed E-state index contributed by atoms with van der Waals surface area (Å²) in [5, 5.41) is 0. The van der Waals surface area contributed by atoms with Gasteiger partial charge in [0.25, 0.3) is 0 Å². The molecule has 2 N–H and O–H groups in total. The summed E-state index contributed by atoms with van der Waals surface area (Å²) in [6, 6.07) is 13.0. The van der Waals surface area contributed by atoms with E-state index < -0.39 is 0 Å². The molecule has 0 saturated carbocycles. The Kier molecular flexibility index (Phi) is 3.97. The van der Waals surface area contributed by atoms with Crippen LogP contribution in [-0.2, 0) is 12.8 Å². The van der Waals surface area contributed by atoms with E-state index in [2.05, 4.69) is 50.2 Å². The lowest BCUT2D eigenvalue weighted by Gasteiger charge is -2.11. The Hall–Kier alpha value is -1.12. The summed E-state index contributed by atoms with van der Waals surface area (Å²) in [7, 11) is 0. The van der Waals surface area contributed by atoms with Crippen molar-refractivity contribution >= 4 is 11.3 Å². The van der Waals surface area contributed by atoms with Gasteiger partial charge in [-0.1, -0.05) is 36.8 Å². The minimum absolute atomic E-state index is 0.109. The van der Waals surface area contributed by atoms with Gasteiger partial charge >= 0.3 is 0 Å². The molecule has 0 amide bonds. The fourth-order valence-electron chi connectivity index (χ4n) is 1.96. The SMILES string of the molecule is CCc1ccc(CC(N)c2cccc(C)c2)s1. The van der Waals surface area contributed by atoms with Crippen molar-refractivity contribution in [3.8, 4) is 0 Å². The summed E-state index contributed by atoms with van der Waals surface area (Å²) in [5.41, 5.74) is 8.76. The van der Waals surface area contributed by atoms with Crippen LogP contribution in [0.15, 0.2) is 36.4 Å². The third kappa shape index (κ3) is 3.18. The third-order valence-corrected chi connectivity index (χ3v) is 4.21. The summed E-state index contributed by atoms with van der Waals surface area (Å²) >= 11 is 1.88. The summed E-state index contributed by atoms with van der Waals surface area (Å²) in [5.74, 6) is 0. The second-order valence-electron chi connectivity index (χ2n) is 4.45. The average Bonchev–Trinajstić information content (AvgIpc) is 2.77. The molecular formula is C15H19NS. The average molecular weight is 245 g/mol. The van der Waals surface area contributed by atoms with Crippen molar-refractivity contribution in [3.05, 3.63) is 57.3 Å². The van der Waals surface area contributed by atoms with Crippen molar-refractivity contribution in [2.24, 2.45) is 5.73 Å². The monoisotopic (exact) mass is 245 g/mol. The molecule has 17 heavy (non-hydrogen) atoms. The second kappa shape index (κ2) is 5.48. The number of hydrogen-bond acceptors (Lipinski definition) is 2. The van der Waals surface area contributed by atoms with E-state index in [1.54, 1.807) is 0 Å².